The summed E-state index contributed by atoms with van der Waals surface area (Å²) >= 11 is 17.7. The molecule has 1 N–H and O–H groups in total. The predicted molar refractivity (Wildman–Crippen MR) is 81.3 cm³/mol. The van der Waals surface area contributed by atoms with Crippen LogP contribution in [0.4, 0.5) is 0 Å². The molecule has 2 aromatic rings. The summed E-state index contributed by atoms with van der Waals surface area (Å²) in [6.07, 6.45) is 0.578. The highest BCUT2D eigenvalue weighted by atomic mass is 35.5. The van der Waals surface area contributed by atoms with E-state index in [2.05, 4.69) is 0 Å². The molecular weight excluding hydrogens is 303 g/mol. The Morgan fingerprint density at radius 2 is 1.47 bits per heavy atom. The maximum Gasteiger partial charge on any atom is 0.0621 e. The van der Waals surface area contributed by atoms with Crippen molar-refractivity contribution in [2.45, 2.75) is 18.9 Å². The van der Waals surface area contributed by atoms with Gasteiger partial charge < -0.3 is 5.11 Å². The number of benzene rings is 2. The van der Waals surface area contributed by atoms with Crippen LogP contribution >= 0.6 is 34.8 Å². The normalized spacial score (nSPS) is 12.4. The van der Waals surface area contributed by atoms with Crippen LogP contribution < -0.4 is 0 Å². The van der Waals surface area contributed by atoms with E-state index in [0.717, 1.165) is 11.1 Å². The van der Waals surface area contributed by atoms with Gasteiger partial charge in [0.2, 0.25) is 0 Å². The summed E-state index contributed by atoms with van der Waals surface area (Å²) in [6.45, 7) is 0. The summed E-state index contributed by atoms with van der Waals surface area (Å²) in [5.74, 6) is 0. The molecule has 19 heavy (non-hydrogen) atoms. The number of halogens is 3. The van der Waals surface area contributed by atoms with Crippen molar-refractivity contribution >= 4 is 34.8 Å². The van der Waals surface area contributed by atoms with E-state index in [1.54, 1.807) is 12.1 Å². The molecule has 0 amide bonds. The molecule has 0 aliphatic heterocycles. The van der Waals surface area contributed by atoms with E-state index in [-0.39, 0.29) is 0 Å². The van der Waals surface area contributed by atoms with Crippen LogP contribution in [0.15, 0.2) is 42.5 Å². The van der Waals surface area contributed by atoms with Gasteiger partial charge in [-0.15, -0.1) is 0 Å². The van der Waals surface area contributed by atoms with Crippen LogP contribution in [0.3, 0.4) is 0 Å². The third-order valence-electron chi connectivity index (χ3n) is 2.86. The Morgan fingerprint density at radius 1 is 0.842 bits per heavy atom. The quantitative estimate of drug-likeness (QED) is 0.860. The molecule has 4 heteroatoms. The van der Waals surface area contributed by atoms with Gasteiger partial charge in [-0.25, -0.2) is 0 Å². The Balaban J connectivity index is 2.01. The molecule has 0 saturated heterocycles. The molecule has 2 aromatic carbocycles. The first kappa shape index (κ1) is 14.7. The highest BCUT2D eigenvalue weighted by molar-refractivity contribution is 6.35. The van der Waals surface area contributed by atoms with Crippen molar-refractivity contribution in [3.63, 3.8) is 0 Å². The van der Waals surface area contributed by atoms with Gasteiger partial charge in [-0.3, -0.25) is 0 Å². The Labute approximate surface area is 127 Å². The Kier molecular flexibility index (Phi) is 5.12. The SMILES string of the molecule is OC(Cc1ccc(Cl)cc1)Cc1ccc(Cl)cc1Cl. The standard InChI is InChI=1S/C15H13Cl3O/c16-12-4-1-10(2-5-12)7-14(19)8-11-3-6-13(17)9-15(11)18/h1-6,9,14,19H,7-8H2. The van der Waals surface area contributed by atoms with Crippen molar-refractivity contribution in [3.05, 3.63) is 68.7 Å². The zero-order chi connectivity index (χ0) is 13.8. The molecule has 0 bridgehead atoms. The van der Waals surface area contributed by atoms with E-state index in [4.69, 9.17) is 34.8 Å². The number of aliphatic hydroxyl groups is 1. The van der Waals surface area contributed by atoms with Gasteiger partial charge >= 0.3 is 0 Å². The summed E-state index contributed by atoms with van der Waals surface area (Å²) in [5.41, 5.74) is 1.94. The van der Waals surface area contributed by atoms with Gasteiger partial charge in [0.15, 0.2) is 0 Å². The second-order valence-corrected chi connectivity index (χ2v) is 5.70. The van der Waals surface area contributed by atoms with Crippen molar-refractivity contribution in [1.82, 2.24) is 0 Å². The molecule has 0 aromatic heterocycles. The van der Waals surface area contributed by atoms with Crippen LogP contribution in [0.5, 0.6) is 0 Å². The minimum absolute atomic E-state index is 0.486. The van der Waals surface area contributed by atoms with E-state index in [1.807, 2.05) is 30.3 Å². The molecule has 1 atom stereocenters. The van der Waals surface area contributed by atoms with Crippen LogP contribution in [0, 0.1) is 0 Å². The van der Waals surface area contributed by atoms with Gasteiger partial charge in [0, 0.05) is 21.5 Å². The minimum atomic E-state index is -0.486. The van der Waals surface area contributed by atoms with Gasteiger partial charge in [0.1, 0.15) is 0 Å². The fourth-order valence-corrected chi connectivity index (χ4v) is 2.52. The maximum absolute atomic E-state index is 10.1. The van der Waals surface area contributed by atoms with E-state index in [9.17, 15) is 5.11 Å². The lowest BCUT2D eigenvalue weighted by molar-refractivity contribution is 0.175. The second kappa shape index (κ2) is 6.62. The molecule has 0 spiro atoms. The van der Waals surface area contributed by atoms with E-state index in [1.165, 1.54) is 0 Å². The van der Waals surface area contributed by atoms with Gasteiger partial charge in [0.05, 0.1) is 6.10 Å². The molecule has 0 saturated carbocycles. The maximum atomic E-state index is 10.1. The molecule has 0 fully saturated rings. The van der Waals surface area contributed by atoms with Crippen LogP contribution in [-0.2, 0) is 12.8 Å². The average Bonchev–Trinajstić information content (AvgIpc) is 2.36. The molecular formula is C15H13Cl3O. The first-order valence-corrected chi connectivity index (χ1v) is 7.04. The predicted octanol–water partition coefficient (Wildman–Crippen LogP) is 4.79. The summed E-state index contributed by atoms with van der Waals surface area (Å²) in [5, 5.41) is 12.0. The number of aliphatic hydroxyl groups excluding tert-OH is 1. The summed E-state index contributed by atoms with van der Waals surface area (Å²) in [7, 11) is 0. The average molecular weight is 316 g/mol. The molecule has 0 aliphatic rings. The molecule has 1 nitrogen and oxygen atoms in total. The van der Waals surface area contributed by atoms with Crippen molar-refractivity contribution in [2.75, 3.05) is 0 Å². The first-order valence-electron chi connectivity index (χ1n) is 5.91. The Bertz CT molecular complexity index is 552. The fourth-order valence-electron chi connectivity index (χ4n) is 1.91. The highest BCUT2D eigenvalue weighted by Gasteiger charge is 2.10. The number of hydrogen-bond donors (Lipinski definition) is 1. The zero-order valence-corrected chi connectivity index (χ0v) is 12.4. The van der Waals surface area contributed by atoms with Gasteiger partial charge in [-0.05, 0) is 41.8 Å². The van der Waals surface area contributed by atoms with Crippen LogP contribution in [-0.4, -0.2) is 11.2 Å². The van der Waals surface area contributed by atoms with Crippen molar-refractivity contribution in [1.29, 1.82) is 0 Å². The lowest BCUT2D eigenvalue weighted by Crippen LogP contribution is -2.14. The zero-order valence-electron chi connectivity index (χ0n) is 10.1. The molecule has 100 valence electrons. The lowest BCUT2D eigenvalue weighted by Gasteiger charge is -2.12. The smallest absolute Gasteiger partial charge is 0.0621 e. The summed E-state index contributed by atoms with van der Waals surface area (Å²) in [4.78, 5) is 0. The minimum Gasteiger partial charge on any atom is -0.392 e. The third-order valence-corrected chi connectivity index (χ3v) is 3.69. The number of rotatable bonds is 4. The third kappa shape index (κ3) is 4.39. The van der Waals surface area contributed by atoms with Gasteiger partial charge in [-0.2, -0.15) is 0 Å². The largest absolute Gasteiger partial charge is 0.392 e. The van der Waals surface area contributed by atoms with Crippen LogP contribution in [0.2, 0.25) is 15.1 Å². The lowest BCUT2D eigenvalue weighted by atomic mass is 10.0. The molecule has 2 rings (SSSR count). The molecule has 0 heterocycles. The molecule has 0 aliphatic carbocycles. The van der Waals surface area contributed by atoms with Crippen molar-refractivity contribution < 1.29 is 5.11 Å². The Morgan fingerprint density at radius 3 is 2.11 bits per heavy atom. The molecule has 0 radical (unpaired) electrons. The fraction of sp³-hybridized carbons (Fsp3) is 0.200. The van der Waals surface area contributed by atoms with E-state index in [0.29, 0.717) is 27.9 Å². The van der Waals surface area contributed by atoms with Crippen molar-refractivity contribution in [2.24, 2.45) is 0 Å². The van der Waals surface area contributed by atoms with E-state index < -0.39 is 6.10 Å². The summed E-state index contributed by atoms with van der Waals surface area (Å²) < 4.78 is 0. The van der Waals surface area contributed by atoms with Crippen LogP contribution in [0.25, 0.3) is 0 Å². The number of hydrogen-bond acceptors (Lipinski definition) is 1. The van der Waals surface area contributed by atoms with Crippen LogP contribution in [0.1, 0.15) is 11.1 Å². The monoisotopic (exact) mass is 314 g/mol. The van der Waals surface area contributed by atoms with Gasteiger partial charge in [-0.1, -0.05) is 53.0 Å². The first-order chi connectivity index (χ1) is 9.04. The van der Waals surface area contributed by atoms with Crippen molar-refractivity contribution in [3.8, 4) is 0 Å². The topological polar surface area (TPSA) is 20.2 Å². The van der Waals surface area contributed by atoms with Gasteiger partial charge in [0.25, 0.3) is 0 Å². The van der Waals surface area contributed by atoms with E-state index >= 15 is 0 Å². The highest BCUT2D eigenvalue weighted by Crippen LogP contribution is 2.23. The summed E-state index contributed by atoms with van der Waals surface area (Å²) in [6, 6.07) is 12.8. The molecule has 1 unspecified atom stereocenters. The second-order valence-electron chi connectivity index (χ2n) is 4.42. The Hall–Kier alpha value is -0.730.